The Kier molecular flexibility index (Phi) is 15.3. The molecule has 17 nitrogen and oxygen atoms in total. The predicted molar refractivity (Wildman–Crippen MR) is 301 cm³/mol. The number of carbonyl (C=O) groups excluding carboxylic acids is 3. The van der Waals surface area contributed by atoms with Crippen LogP contribution in [-0.4, -0.2) is 79.8 Å². The van der Waals surface area contributed by atoms with Crippen LogP contribution in [0.15, 0.2) is 104 Å². The van der Waals surface area contributed by atoms with E-state index >= 15 is 0 Å². The van der Waals surface area contributed by atoms with Gasteiger partial charge in [-0.15, -0.1) is 0 Å². The molecule has 2 aliphatic heterocycles. The number of hydrogen-bond donors (Lipinski definition) is 3. The topological polar surface area (TPSA) is 244 Å². The van der Waals surface area contributed by atoms with Gasteiger partial charge in [-0.3, -0.25) is 19.6 Å². The number of carbonyl (C=O) groups is 3. The van der Waals surface area contributed by atoms with E-state index in [2.05, 4.69) is 58.4 Å². The van der Waals surface area contributed by atoms with Crippen molar-refractivity contribution in [2.24, 2.45) is 57.2 Å². The number of aliphatic hydroxyl groups excluding tert-OH is 3. The summed E-state index contributed by atoms with van der Waals surface area (Å²) in [6, 6.07) is 17.6. The fraction of sp³-hybridized carbons (Fsp3) is 0.554. The third kappa shape index (κ3) is 9.65. The first-order chi connectivity index (χ1) is 38.7. The van der Waals surface area contributed by atoms with E-state index in [0.29, 0.717) is 29.5 Å². The number of fused-ring (bicyclic) bond motifs is 8. The van der Waals surface area contributed by atoms with Gasteiger partial charge in [0, 0.05) is 84.6 Å². The number of rotatable bonds is 9. The first-order valence-electron chi connectivity index (χ1n) is 28.9. The molecule has 4 aromatic heterocycles. The maximum atomic E-state index is 13.7. The van der Waals surface area contributed by atoms with Gasteiger partial charge in [0.2, 0.25) is 0 Å². The molecule has 6 unspecified atom stereocenters. The van der Waals surface area contributed by atoms with E-state index in [1.54, 1.807) is 73.3 Å². The van der Waals surface area contributed by atoms with Crippen LogP contribution < -0.4 is 20.7 Å². The van der Waals surface area contributed by atoms with Crippen LogP contribution >= 0.6 is 0 Å². The van der Waals surface area contributed by atoms with Gasteiger partial charge in [0.1, 0.15) is 51.5 Å². The largest absolute Gasteiger partial charge is 0.484 e. The number of aromatic nitrogens is 2. The molecule has 0 spiro atoms. The zero-order valence-electron chi connectivity index (χ0n) is 48.9. The Balaban J connectivity index is 0.000000189. The lowest BCUT2D eigenvalue weighted by atomic mass is 9.41. The second kappa shape index (κ2) is 21.5. The quantitative estimate of drug-likeness (QED) is 0.0918. The molecule has 11 rings (SSSR count). The minimum atomic E-state index is -1.27. The Hall–Kier alpha value is -6.69. The fourth-order valence-electron chi connectivity index (χ4n) is 16.3. The van der Waals surface area contributed by atoms with E-state index in [-0.39, 0.29) is 83.0 Å². The van der Waals surface area contributed by atoms with Crippen molar-refractivity contribution >= 4 is 17.9 Å². The maximum Gasteiger partial charge on any atom is 0.345 e. The van der Waals surface area contributed by atoms with Crippen LogP contribution in [0.25, 0.3) is 22.6 Å². The summed E-state index contributed by atoms with van der Waals surface area (Å²) in [5, 5.41) is 35.6. The molecule has 17 heteroatoms. The summed E-state index contributed by atoms with van der Waals surface area (Å²) in [7, 11) is 0. The molecule has 0 bridgehead atoms. The van der Waals surface area contributed by atoms with Crippen molar-refractivity contribution in [1.82, 2.24) is 9.97 Å². The molecular formula is C65H78N2O15. The molecule has 6 aliphatic rings. The molecule has 0 radical (unpaired) electrons. The summed E-state index contributed by atoms with van der Waals surface area (Å²) >= 11 is 0. The summed E-state index contributed by atoms with van der Waals surface area (Å²) in [5.41, 5.74) is -2.79. The highest BCUT2D eigenvalue weighted by Crippen LogP contribution is 2.70. The van der Waals surface area contributed by atoms with E-state index in [1.807, 2.05) is 26.0 Å². The molecule has 4 fully saturated rings. The van der Waals surface area contributed by atoms with Crippen molar-refractivity contribution in [3.05, 3.63) is 129 Å². The van der Waals surface area contributed by atoms with Crippen LogP contribution in [-0.2, 0) is 30.2 Å². The molecule has 5 aromatic rings. The molecule has 82 heavy (non-hydrogen) atoms. The van der Waals surface area contributed by atoms with Crippen molar-refractivity contribution < 1.29 is 62.2 Å². The van der Waals surface area contributed by atoms with Crippen molar-refractivity contribution in [1.29, 1.82) is 0 Å². The summed E-state index contributed by atoms with van der Waals surface area (Å²) in [6.07, 6.45) is 7.18. The lowest BCUT2D eigenvalue weighted by Crippen LogP contribution is -2.70. The first-order valence-corrected chi connectivity index (χ1v) is 28.9. The smallest absolute Gasteiger partial charge is 0.345 e. The van der Waals surface area contributed by atoms with Gasteiger partial charge in [0.25, 0.3) is 0 Å². The fourth-order valence-corrected chi connectivity index (χ4v) is 16.3. The molecule has 4 saturated carbocycles. The van der Waals surface area contributed by atoms with Crippen molar-refractivity contribution in [3.8, 4) is 34.1 Å². The normalized spacial score (nSPS) is 35.8. The molecular weight excluding hydrogens is 1050 g/mol. The number of benzene rings is 1. The van der Waals surface area contributed by atoms with Gasteiger partial charge in [-0.2, -0.15) is 0 Å². The number of hydrogen-bond acceptors (Lipinski definition) is 17. The van der Waals surface area contributed by atoms with Crippen LogP contribution in [0.4, 0.5) is 0 Å². The molecule has 6 heterocycles. The highest BCUT2D eigenvalue weighted by molar-refractivity contribution is 5.89. The number of aryl methyl sites for hydroxylation is 1. The van der Waals surface area contributed by atoms with Gasteiger partial charge < -0.3 is 47.8 Å². The SMILES string of the molecule is CC(=O)OCC1(C)C2C[C@H](O)[C@@]3(C)Oc4cc(-c5cccnc5)oc(=O)c4[C@H](O)C3[C@@]2(C)CC[C@@H]1C.CCc1ccc(C(=O)O[C@H]2CC3C(C)(COC(C)=O)[C@@H](C)CC[C@]3(C)C3[C@@H](O)c4c(cc(-c5cccnc5)oc4=O)O[C@@]32C)cc1. The second-order valence-electron chi connectivity index (χ2n) is 25.8. The third-order valence-electron chi connectivity index (χ3n) is 21.2. The average molecular weight is 1130 g/mol. The Morgan fingerprint density at radius 3 is 1.54 bits per heavy atom. The van der Waals surface area contributed by atoms with E-state index in [1.165, 1.54) is 13.8 Å². The number of ether oxygens (including phenoxy) is 5. The van der Waals surface area contributed by atoms with Crippen LogP contribution in [0.5, 0.6) is 11.5 Å². The Bertz CT molecular complexity index is 3350. The number of pyridine rings is 2. The maximum absolute atomic E-state index is 13.7. The number of esters is 3. The minimum absolute atomic E-state index is 0.0533. The number of aliphatic hydroxyl groups is 3. The monoisotopic (exact) mass is 1130 g/mol. The van der Waals surface area contributed by atoms with Gasteiger partial charge in [-0.25, -0.2) is 14.4 Å². The summed E-state index contributed by atoms with van der Waals surface area (Å²) < 4.78 is 42.2. The molecule has 1 aromatic carbocycles. The molecule has 0 saturated heterocycles. The molecule has 16 atom stereocenters. The summed E-state index contributed by atoms with van der Waals surface area (Å²) in [6.45, 7) is 21.8. The molecule has 0 amide bonds. The standard InChI is InChI=1S/C37H43NO8.C28H35NO7/c1-7-23-10-12-24(13-11-23)33(41)45-29-18-28-35(4,15-14-21(2)36(28,5)20-43-22(3)39)32-31(40)30-27(46-37(29,32)6)17-26(44-34(30)42)25-9-8-16-38-19-25;1-15-8-9-26(3)20(27(15,4)14-34-16(2)30)12-21(31)28(5)24(26)23(32)22-19(36-28)11-18(35-25(22)33)17-7-6-10-29-13-17/h8-13,16-17,19,21,28-29,31-32,40H,7,14-15,18,20H2,1-6H3;6-7,10-11,13,15,20-21,23-24,31-32H,8-9,12,14H2,1-5H3/t21-,28?,29-,31-,32?,35-,36?,37+;15-,20?,21-,23-,24?,26-,27?,28+/m00/s1. The van der Waals surface area contributed by atoms with E-state index in [4.69, 9.17) is 32.5 Å². The molecule has 4 aliphatic carbocycles. The van der Waals surface area contributed by atoms with Crippen LogP contribution in [0.2, 0.25) is 0 Å². The van der Waals surface area contributed by atoms with Crippen molar-refractivity contribution in [3.63, 3.8) is 0 Å². The highest BCUT2D eigenvalue weighted by atomic mass is 16.6. The lowest BCUT2D eigenvalue weighted by Gasteiger charge is -2.66. The highest BCUT2D eigenvalue weighted by Gasteiger charge is 2.71. The zero-order chi connectivity index (χ0) is 59.1. The summed E-state index contributed by atoms with van der Waals surface area (Å²) in [5.74, 6) is -1.24. The Labute approximate surface area is 478 Å². The molecule has 438 valence electrons. The van der Waals surface area contributed by atoms with Gasteiger partial charge in [0.15, 0.2) is 0 Å². The van der Waals surface area contributed by atoms with Crippen molar-refractivity contribution in [2.45, 2.75) is 157 Å². The van der Waals surface area contributed by atoms with Crippen LogP contribution in [0.1, 0.15) is 154 Å². The van der Waals surface area contributed by atoms with Crippen LogP contribution in [0.3, 0.4) is 0 Å². The minimum Gasteiger partial charge on any atom is -0.484 e. The van der Waals surface area contributed by atoms with Crippen molar-refractivity contribution in [2.75, 3.05) is 13.2 Å². The average Bonchev–Trinajstić information content (AvgIpc) is 1.08. The zero-order valence-corrected chi connectivity index (χ0v) is 48.9. The van der Waals surface area contributed by atoms with Gasteiger partial charge in [0.05, 0.1) is 37.1 Å². The lowest BCUT2D eigenvalue weighted by molar-refractivity contribution is -0.257. The van der Waals surface area contributed by atoms with Crippen LogP contribution in [0, 0.1) is 57.2 Å². The Morgan fingerprint density at radius 2 is 1.10 bits per heavy atom. The van der Waals surface area contributed by atoms with E-state index in [0.717, 1.165) is 37.7 Å². The summed E-state index contributed by atoms with van der Waals surface area (Å²) in [4.78, 5) is 72.5. The first kappa shape index (κ1) is 58.5. The predicted octanol–water partition coefficient (Wildman–Crippen LogP) is 10.2. The third-order valence-corrected chi connectivity index (χ3v) is 21.2. The van der Waals surface area contributed by atoms with E-state index < -0.39 is 86.3 Å². The van der Waals surface area contributed by atoms with Gasteiger partial charge in [-0.05, 0) is 135 Å². The van der Waals surface area contributed by atoms with E-state index in [9.17, 15) is 39.3 Å². The van der Waals surface area contributed by atoms with Gasteiger partial charge in [-0.1, -0.05) is 60.6 Å². The van der Waals surface area contributed by atoms with Gasteiger partial charge >= 0.3 is 29.2 Å². The number of nitrogens with zero attached hydrogens (tertiary/aromatic N) is 2. The molecule has 3 N–H and O–H groups in total. The Morgan fingerprint density at radius 1 is 0.646 bits per heavy atom. The second-order valence-corrected chi connectivity index (χ2v) is 25.8.